The molecule has 0 aromatic heterocycles. The number of benzene rings is 1. The fourth-order valence-corrected chi connectivity index (χ4v) is 2.21. The molecule has 0 saturated heterocycles. The van der Waals surface area contributed by atoms with Crippen LogP contribution >= 0.6 is 0 Å². The van der Waals surface area contributed by atoms with Crippen LogP contribution in [0.1, 0.15) is 38.2 Å². The second kappa shape index (κ2) is 2.96. The summed E-state index contributed by atoms with van der Waals surface area (Å²) in [5.41, 5.74) is 5.68. The van der Waals surface area contributed by atoms with Crippen molar-refractivity contribution in [3.05, 3.63) is 39.5 Å². The third kappa shape index (κ3) is 1.14. The van der Waals surface area contributed by atoms with E-state index in [9.17, 15) is 9.90 Å². The molecule has 1 aliphatic carbocycles. The molecule has 2 heteroatoms. The fraction of sp³-hybridized carbons (Fsp3) is 0.308. The molecule has 0 amide bonds. The highest BCUT2D eigenvalue weighted by Gasteiger charge is 2.27. The number of rotatable bonds is 0. The van der Waals surface area contributed by atoms with Gasteiger partial charge in [0, 0.05) is 17.2 Å². The number of fused-ring (bicyclic) bond motifs is 1. The topological polar surface area (TPSA) is 37.3 Å². The molecule has 78 valence electrons. The van der Waals surface area contributed by atoms with Gasteiger partial charge in [-0.25, -0.2) is 0 Å². The molecule has 0 saturated carbocycles. The molecule has 0 bridgehead atoms. The molecule has 2 nitrogen and oxygen atoms in total. The van der Waals surface area contributed by atoms with E-state index in [4.69, 9.17) is 0 Å². The van der Waals surface area contributed by atoms with Gasteiger partial charge in [-0.1, -0.05) is 0 Å². The number of hydrogen-bond acceptors (Lipinski definition) is 2. The summed E-state index contributed by atoms with van der Waals surface area (Å²) in [5, 5.41) is 9.71. The number of allylic oxidation sites excluding steroid dienone is 1. The molecule has 0 unspecified atom stereocenters. The van der Waals surface area contributed by atoms with E-state index < -0.39 is 0 Å². The first kappa shape index (κ1) is 9.97. The van der Waals surface area contributed by atoms with E-state index in [-0.39, 0.29) is 11.5 Å². The summed E-state index contributed by atoms with van der Waals surface area (Å²) in [4.78, 5) is 11.7. The van der Waals surface area contributed by atoms with E-state index in [0.717, 1.165) is 27.8 Å². The Hall–Kier alpha value is -1.57. The van der Waals surface area contributed by atoms with Crippen molar-refractivity contribution in [2.45, 2.75) is 27.7 Å². The molecule has 0 fully saturated rings. The Bertz CT molecular complexity index is 508. The van der Waals surface area contributed by atoms with Gasteiger partial charge in [-0.05, 0) is 49.9 Å². The van der Waals surface area contributed by atoms with Crippen LogP contribution in [-0.2, 0) is 0 Å². The lowest BCUT2D eigenvalue weighted by molar-refractivity contribution is 0.104. The molecule has 1 aliphatic rings. The van der Waals surface area contributed by atoms with Gasteiger partial charge in [-0.15, -0.1) is 0 Å². The van der Waals surface area contributed by atoms with Gasteiger partial charge in [0.2, 0.25) is 0 Å². The van der Waals surface area contributed by atoms with Crippen LogP contribution in [0.15, 0.2) is 6.08 Å². The van der Waals surface area contributed by atoms with Crippen molar-refractivity contribution in [3.8, 4) is 0 Å². The molecule has 0 spiro atoms. The van der Waals surface area contributed by atoms with Gasteiger partial charge in [-0.2, -0.15) is 0 Å². The monoisotopic (exact) mass is 202 g/mol. The third-order valence-electron chi connectivity index (χ3n) is 3.46. The Morgan fingerprint density at radius 1 is 0.867 bits per heavy atom. The summed E-state index contributed by atoms with van der Waals surface area (Å²) in [6.07, 6.45) is 1.31. The second-order valence-corrected chi connectivity index (χ2v) is 4.14. The number of ketones is 1. The summed E-state index contributed by atoms with van der Waals surface area (Å²) in [5.74, 6) is 0.0323. The van der Waals surface area contributed by atoms with Gasteiger partial charge in [0.25, 0.3) is 0 Å². The first-order valence-corrected chi connectivity index (χ1v) is 5.01. The van der Waals surface area contributed by atoms with E-state index in [1.807, 2.05) is 27.7 Å². The van der Waals surface area contributed by atoms with Gasteiger partial charge in [0.05, 0.1) is 0 Å². The summed E-state index contributed by atoms with van der Waals surface area (Å²) < 4.78 is 0. The van der Waals surface area contributed by atoms with E-state index in [1.54, 1.807) is 0 Å². The molecule has 15 heavy (non-hydrogen) atoms. The maximum absolute atomic E-state index is 11.7. The molecule has 1 aromatic rings. The first-order valence-electron chi connectivity index (χ1n) is 5.01. The highest BCUT2D eigenvalue weighted by Crippen LogP contribution is 2.35. The predicted octanol–water partition coefficient (Wildman–Crippen LogP) is 3.02. The minimum Gasteiger partial charge on any atom is -0.507 e. The second-order valence-electron chi connectivity index (χ2n) is 4.14. The normalized spacial score (nSPS) is 14.1. The zero-order chi connectivity index (χ0) is 11.3. The summed E-state index contributed by atoms with van der Waals surface area (Å²) >= 11 is 0. The Labute approximate surface area is 89.2 Å². The summed E-state index contributed by atoms with van der Waals surface area (Å²) in [6, 6.07) is 0. The smallest absolute Gasteiger partial charge is 0.190 e. The van der Waals surface area contributed by atoms with Crippen molar-refractivity contribution in [2.24, 2.45) is 0 Å². The number of aliphatic hydroxyl groups is 1. The van der Waals surface area contributed by atoms with E-state index in [2.05, 4.69) is 0 Å². The zero-order valence-corrected chi connectivity index (χ0v) is 9.43. The first-order chi connectivity index (χ1) is 6.95. The summed E-state index contributed by atoms with van der Waals surface area (Å²) in [6.45, 7) is 7.92. The van der Waals surface area contributed by atoms with Gasteiger partial charge in [-0.3, -0.25) is 4.79 Å². The third-order valence-corrected chi connectivity index (χ3v) is 3.46. The van der Waals surface area contributed by atoms with Crippen LogP contribution in [0.4, 0.5) is 0 Å². The highest BCUT2D eigenvalue weighted by molar-refractivity contribution is 6.17. The lowest BCUT2D eigenvalue weighted by Crippen LogP contribution is -2.04. The Kier molecular flexibility index (Phi) is 1.97. The van der Waals surface area contributed by atoms with Crippen LogP contribution in [0, 0.1) is 27.7 Å². The van der Waals surface area contributed by atoms with Gasteiger partial charge >= 0.3 is 0 Å². The SMILES string of the molecule is Cc1c(C)c(C)c2c(c1C)C(=O)C=C2O. The maximum atomic E-state index is 11.7. The number of carbonyl (C=O) groups excluding carboxylic acids is 1. The van der Waals surface area contributed by atoms with Crippen molar-refractivity contribution < 1.29 is 9.90 Å². The lowest BCUT2D eigenvalue weighted by atomic mass is 9.89. The highest BCUT2D eigenvalue weighted by atomic mass is 16.3. The molecule has 0 aliphatic heterocycles. The largest absolute Gasteiger partial charge is 0.507 e. The predicted molar refractivity (Wildman–Crippen MR) is 60.3 cm³/mol. The van der Waals surface area contributed by atoms with Crippen molar-refractivity contribution in [2.75, 3.05) is 0 Å². The van der Waals surface area contributed by atoms with Crippen LogP contribution in [0.2, 0.25) is 0 Å². The van der Waals surface area contributed by atoms with Crippen molar-refractivity contribution in [1.29, 1.82) is 0 Å². The summed E-state index contributed by atoms with van der Waals surface area (Å²) in [7, 11) is 0. The molecular formula is C13H14O2. The molecule has 0 heterocycles. The minimum absolute atomic E-state index is 0.0776. The van der Waals surface area contributed by atoms with E-state index >= 15 is 0 Å². The van der Waals surface area contributed by atoms with Crippen LogP contribution in [0.3, 0.4) is 0 Å². The Morgan fingerprint density at radius 3 is 1.87 bits per heavy atom. The van der Waals surface area contributed by atoms with Crippen LogP contribution in [0.25, 0.3) is 5.76 Å². The van der Waals surface area contributed by atoms with E-state index in [1.165, 1.54) is 6.08 Å². The fourth-order valence-electron chi connectivity index (χ4n) is 2.21. The number of hydrogen-bond donors (Lipinski definition) is 1. The van der Waals surface area contributed by atoms with Crippen LogP contribution in [0.5, 0.6) is 0 Å². The standard InChI is InChI=1S/C13H14O2/c1-6-7(2)9(4)13-11(15)5-10(14)12(13)8(6)3/h5,14H,1-4H3. The average molecular weight is 202 g/mol. The molecule has 1 N–H and O–H groups in total. The average Bonchev–Trinajstić information content (AvgIpc) is 2.47. The minimum atomic E-state index is -0.0776. The lowest BCUT2D eigenvalue weighted by Gasteiger charge is -2.15. The molecule has 0 atom stereocenters. The molecule has 0 radical (unpaired) electrons. The quantitative estimate of drug-likeness (QED) is 0.702. The van der Waals surface area contributed by atoms with Gasteiger partial charge in [0.1, 0.15) is 5.76 Å². The van der Waals surface area contributed by atoms with Crippen molar-refractivity contribution >= 4 is 11.5 Å². The van der Waals surface area contributed by atoms with Gasteiger partial charge in [0.15, 0.2) is 5.78 Å². The maximum Gasteiger partial charge on any atom is 0.190 e. The van der Waals surface area contributed by atoms with Crippen molar-refractivity contribution in [3.63, 3.8) is 0 Å². The van der Waals surface area contributed by atoms with Gasteiger partial charge < -0.3 is 5.11 Å². The number of aliphatic hydroxyl groups excluding tert-OH is 1. The van der Waals surface area contributed by atoms with Crippen LogP contribution in [-0.4, -0.2) is 10.9 Å². The van der Waals surface area contributed by atoms with Crippen LogP contribution < -0.4 is 0 Å². The Balaban J connectivity index is 2.92. The van der Waals surface area contributed by atoms with E-state index in [0.29, 0.717) is 5.56 Å². The zero-order valence-electron chi connectivity index (χ0n) is 9.43. The molecule has 1 aromatic carbocycles. The molecule has 2 rings (SSSR count). The van der Waals surface area contributed by atoms with Crippen molar-refractivity contribution in [1.82, 2.24) is 0 Å². The Morgan fingerprint density at radius 2 is 1.33 bits per heavy atom. The molecular weight excluding hydrogens is 188 g/mol. The number of carbonyl (C=O) groups is 1.